The second-order valence-corrected chi connectivity index (χ2v) is 6.47. The molecule has 2 rings (SSSR count). The number of rotatable bonds is 5. The highest BCUT2D eigenvalue weighted by Crippen LogP contribution is 2.21. The molecule has 2 amide bonds. The van der Waals surface area contributed by atoms with Gasteiger partial charge in [-0.05, 0) is 24.3 Å². The molecule has 0 saturated carbocycles. The van der Waals surface area contributed by atoms with Gasteiger partial charge in [0.1, 0.15) is 6.04 Å². The molecule has 0 N–H and O–H groups in total. The fourth-order valence-electron chi connectivity index (χ4n) is 3.09. The molecule has 1 heterocycles. The van der Waals surface area contributed by atoms with Crippen LogP contribution in [0.2, 0.25) is 0 Å². The Kier molecular flexibility index (Phi) is 5.58. The van der Waals surface area contributed by atoms with Crippen LogP contribution in [0.4, 0.5) is 0 Å². The standard InChI is InChI=1S/C18H26N2O2/c1-14(2)12-19(13-16-8-5-4-6-9-16)18(22)17-10-7-11-20(17)15(3)21/h4-6,8-9,14,17H,7,10-13H2,1-3H3/t17-/m0/s1. The molecule has 0 spiro atoms. The van der Waals surface area contributed by atoms with Gasteiger partial charge in [0, 0.05) is 26.6 Å². The zero-order chi connectivity index (χ0) is 16.1. The number of carbonyl (C=O) groups excluding carboxylic acids is 2. The number of hydrogen-bond donors (Lipinski definition) is 0. The Hall–Kier alpha value is -1.84. The van der Waals surface area contributed by atoms with Gasteiger partial charge >= 0.3 is 0 Å². The van der Waals surface area contributed by atoms with Crippen molar-refractivity contribution in [1.29, 1.82) is 0 Å². The first kappa shape index (κ1) is 16.5. The van der Waals surface area contributed by atoms with E-state index in [2.05, 4.69) is 13.8 Å². The summed E-state index contributed by atoms with van der Waals surface area (Å²) in [7, 11) is 0. The minimum Gasteiger partial charge on any atom is -0.336 e. The van der Waals surface area contributed by atoms with E-state index in [0.29, 0.717) is 19.0 Å². The molecular weight excluding hydrogens is 276 g/mol. The summed E-state index contributed by atoms with van der Waals surface area (Å²) < 4.78 is 0. The van der Waals surface area contributed by atoms with Crippen molar-refractivity contribution in [2.45, 2.75) is 46.2 Å². The van der Waals surface area contributed by atoms with E-state index < -0.39 is 0 Å². The lowest BCUT2D eigenvalue weighted by atomic mass is 10.1. The van der Waals surface area contributed by atoms with Gasteiger partial charge in [-0.15, -0.1) is 0 Å². The lowest BCUT2D eigenvalue weighted by molar-refractivity contribution is -0.143. The highest BCUT2D eigenvalue weighted by atomic mass is 16.2. The summed E-state index contributed by atoms with van der Waals surface area (Å²) in [5, 5.41) is 0. The van der Waals surface area contributed by atoms with Crippen LogP contribution in [0, 0.1) is 5.92 Å². The van der Waals surface area contributed by atoms with Gasteiger partial charge in [-0.2, -0.15) is 0 Å². The molecule has 120 valence electrons. The molecule has 22 heavy (non-hydrogen) atoms. The first-order chi connectivity index (χ1) is 10.5. The molecular formula is C18H26N2O2. The Morgan fingerprint density at radius 2 is 1.95 bits per heavy atom. The van der Waals surface area contributed by atoms with Crippen LogP contribution in [0.3, 0.4) is 0 Å². The van der Waals surface area contributed by atoms with Gasteiger partial charge in [-0.1, -0.05) is 44.2 Å². The zero-order valence-corrected chi connectivity index (χ0v) is 13.8. The summed E-state index contributed by atoms with van der Waals surface area (Å²) in [5.41, 5.74) is 1.13. The third kappa shape index (κ3) is 4.09. The number of nitrogens with zero attached hydrogens (tertiary/aromatic N) is 2. The van der Waals surface area contributed by atoms with Crippen molar-refractivity contribution in [2.24, 2.45) is 5.92 Å². The number of carbonyl (C=O) groups is 2. The van der Waals surface area contributed by atoms with Gasteiger partial charge in [0.15, 0.2) is 0 Å². The van der Waals surface area contributed by atoms with Crippen LogP contribution in [0.1, 0.15) is 39.2 Å². The van der Waals surface area contributed by atoms with E-state index in [1.165, 1.54) is 0 Å². The SMILES string of the molecule is CC(=O)N1CCC[C@H]1C(=O)N(Cc1ccccc1)CC(C)C. The molecule has 0 aromatic heterocycles. The Morgan fingerprint density at radius 3 is 2.55 bits per heavy atom. The first-order valence-electron chi connectivity index (χ1n) is 8.09. The zero-order valence-electron chi connectivity index (χ0n) is 13.8. The quantitative estimate of drug-likeness (QED) is 0.839. The van der Waals surface area contributed by atoms with Crippen LogP contribution < -0.4 is 0 Å². The van der Waals surface area contributed by atoms with Gasteiger partial charge in [-0.3, -0.25) is 9.59 Å². The van der Waals surface area contributed by atoms with E-state index in [1.807, 2.05) is 35.2 Å². The van der Waals surface area contributed by atoms with Crippen molar-refractivity contribution >= 4 is 11.8 Å². The number of amides is 2. The molecule has 4 heteroatoms. The molecule has 0 bridgehead atoms. The van der Waals surface area contributed by atoms with Gasteiger partial charge in [-0.25, -0.2) is 0 Å². The van der Waals surface area contributed by atoms with Crippen LogP contribution in [0.25, 0.3) is 0 Å². The van der Waals surface area contributed by atoms with E-state index in [-0.39, 0.29) is 17.9 Å². The second-order valence-electron chi connectivity index (χ2n) is 6.47. The lowest BCUT2D eigenvalue weighted by Crippen LogP contribution is -2.47. The molecule has 0 radical (unpaired) electrons. The average Bonchev–Trinajstić information content (AvgIpc) is 2.96. The largest absolute Gasteiger partial charge is 0.336 e. The predicted molar refractivity (Wildman–Crippen MR) is 87.1 cm³/mol. The summed E-state index contributed by atoms with van der Waals surface area (Å²) >= 11 is 0. The van der Waals surface area contributed by atoms with Crippen LogP contribution in [-0.4, -0.2) is 40.7 Å². The predicted octanol–water partition coefficient (Wildman–Crippen LogP) is 2.68. The summed E-state index contributed by atoms with van der Waals surface area (Å²) in [6.07, 6.45) is 1.69. The number of likely N-dealkylation sites (tertiary alicyclic amines) is 1. The van der Waals surface area contributed by atoms with Crippen molar-refractivity contribution in [3.63, 3.8) is 0 Å². The maximum absolute atomic E-state index is 12.9. The third-order valence-electron chi connectivity index (χ3n) is 4.06. The maximum Gasteiger partial charge on any atom is 0.245 e. The maximum atomic E-state index is 12.9. The molecule has 0 unspecified atom stereocenters. The van der Waals surface area contributed by atoms with Crippen LogP contribution >= 0.6 is 0 Å². The van der Waals surface area contributed by atoms with E-state index in [0.717, 1.165) is 24.9 Å². The van der Waals surface area contributed by atoms with Crippen molar-refractivity contribution < 1.29 is 9.59 Å². The smallest absolute Gasteiger partial charge is 0.245 e. The van der Waals surface area contributed by atoms with Gasteiger partial charge in [0.05, 0.1) is 0 Å². The van der Waals surface area contributed by atoms with E-state index >= 15 is 0 Å². The molecule has 1 saturated heterocycles. The minimum absolute atomic E-state index is 0.0000537. The fourth-order valence-corrected chi connectivity index (χ4v) is 3.09. The van der Waals surface area contributed by atoms with Crippen molar-refractivity contribution in [1.82, 2.24) is 9.80 Å². The number of hydrogen-bond acceptors (Lipinski definition) is 2. The van der Waals surface area contributed by atoms with E-state index in [1.54, 1.807) is 11.8 Å². The third-order valence-corrected chi connectivity index (χ3v) is 4.06. The second kappa shape index (κ2) is 7.43. The Balaban J connectivity index is 2.14. The highest BCUT2D eigenvalue weighted by molar-refractivity contribution is 5.87. The normalized spacial score (nSPS) is 17.8. The summed E-state index contributed by atoms with van der Waals surface area (Å²) in [4.78, 5) is 28.3. The van der Waals surface area contributed by atoms with Crippen LogP contribution in [0.5, 0.6) is 0 Å². The topological polar surface area (TPSA) is 40.6 Å². The molecule has 1 atom stereocenters. The lowest BCUT2D eigenvalue weighted by Gasteiger charge is -2.31. The number of benzene rings is 1. The molecule has 1 aliphatic rings. The van der Waals surface area contributed by atoms with Crippen LogP contribution in [-0.2, 0) is 16.1 Å². The molecule has 1 aromatic rings. The van der Waals surface area contributed by atoms with Gasteiger partial charge < -0.3 is 9.80 Å². The Labute approximate surface area is 133 Å². The van der Waals surface area contributed by atoms with Crippen LogP contribution in [0.15, 0.2) is 30.3 Å². The first-order valence-corrected chi connectivity index (χ1v) is 8.09. The molecule has 0 aliphatic carbocycles. The van der Waals surface area contributed by atoms with Crippen molar-refractivity contribution in [3.8, 4) is 0 Å². The summed E-state index contributed by atoms with van der Waals surface area (Å²) in [6, 6.07) is 9.76. The summed E-state index contributed by atoms with van der Waals surface area (Å²) in [6.45, 7) is 7.81. The van der Waals surface area contributed by atoms with E-state index in [9.17, 15) is 9.59 Å². The Morgan fingerprint density at radius 1 is 1.27 bits per heavy atom. The van der Waals surface area contributed by atoms with Gasteiger partial charge in [0.25, 0.3) is 0 Å². The molecule has 1 aliphatic heterocycles. The molecule has 4 nitrogen and oxygen atoms in total. The fraction of sp³-hybridized carbons (Fsp3) is 0.556. The Bertz CT molecular complexity index is 513. The van der Waals surface area contributed by atoms with Gasteiger partial charge in [0.2, 0.25) is 11.8 Å². The average molecular weight is 302 g/mol. The van der Waals surface area contributed by atoms with Crippen molar-refractivity contribution in [3.05, 3.63) is 35.9 Å². The highest BCUT2D eigenvalue weighted by Gasteiger charge is 2.35. The minimum atomic E-state index is -0.278. The molecule has 1 fully saturated rings. The van der Waals surface area contributed by atoms with E-state index in [4.69, 9.17) is 0 Å². The monoisotopic (exact) mass is 302 g/mol. The molecule has 1 aromatic carbocycles. The van der Waals surface area contributed by atoms with Crippen molar-refractivity contribution in [2.75, 3.05) is 13.1 Å². The summed E-state index contributed by atoms with van der Waals surface area (Å²) in [5.74, 6) is 0.491.